The van der Waals surface area contributed by atoms with Crippen molar-refractivity contribution in [1.29, 1.82) is 0 Å². The molecule has 0 bridgehead atoms. The summed E-state index contributed by atoms with van der Waals surface area (Å²) in [5, 5.41) is 9.65. The van der Waals surface area contributed by atoms with Gasteiger partial charge in [-0.25, -0.2) is 0 Å². The normalized spacial score (nSPS) is 35.8. The fourth-order valence-electron chi connectivity index (χ4n) is 2.26. The fourth-order valence-corrected chi connectivity index (χ4v) is 2.26. The van der Waals surface area contributed by atoms with Gasteiger partial charge in [0.25, 0.3) is 0 Å². The molecule has 0 aromatic carbocycles. The first-order valence-corrected chi connectivity index (χ1v) is 5.81. The Morgan fingerprint density at radius 1 is 1.00 bits per heavy atom. The van der Waals surface area contributed by atoms with E-state index in [-0.39, 0.29) is 6.29 Å². The van der Waals surface area contributed by atoms with Gasteiger partial charge in [0, 0.05) is 6.61 Å². The van der Waals surface area contributed by atoms with Crippen molar-refractivity contribution in [1.82, 2.24) is 0 Å². The molecule has 14 heavy (non-hydrogen) atoms. The molecule has 1 saturated carbocycles. The van der Waals surface area contributed by atoms with Gasteiger partial charge >= 0.3 is 0 Å². The maximum Gasteiger partial charge on any atom is 0.183 e. The van der Waals surface area contributed by atoms with E-state index in [1.807, 2.05) is 0 Å². The first kappa shape index (κ1) is 10.4. The molecule has 2 fully saturated rings. The van der Waals surface area contributed by atoms with E-state index < -0.39 is 6.10 Å². The molecule has 2 atom stereocenters. The molecule has 1 saturated heterocycles. The number of hydrogen-bond donors (Lipinski definition) is 1. The van der Waals surface area contributed by atoms with Crippen LogP contribution in [-0.4, -0.2) is 30.2 Å². The van der Waals surface area contributed by atoms with E-state index in [4.69, 9.17) is 9.47 Å². The third kappa shape index (κ3) is 2.69. The average Bonchev–Trinajstić information content (AvgIpc) is 2.23. The smallest absolute Gasteiger partial charge is 0.183 e. The Bertz CT molecular complexity index is 166. The van der Waals surface area contributed by atoms with Crippen molar-refractivity contribution in [2.45, 2.75) is 63.4 Å². The molecular weight excluding hydrogens is 180 g/mol. The summed E-state index contributed by atoms with van der Waals surface area (Å²) in [5.41, 5.74) is 0. The molecule has 1 N–H and O–H groups in total. The summed E-state index contributed by atoms with van der Waals surface area (Å²) in [4.78, 5) is 0. The van der Waals surface area contributed by atoms with Crippen LogP contribution in [0.3, 0.4) is 0 Å². The predicted molar refractivity (Wildman–Crippen MR) is 52.9 cm³/mol. The second kappa shape index (κ2) is 5.10. The van der Waals surface area contributed by atoms with E-state index in [0.717, 1.165) is 32.3 Å². The fraction of sp³-hybridized carbons (Fsp3) is 1.00. The third-order valence-corrected chi connectivity index (χ3v) is 3.12. The van der Waals surface area contributed by atoms with Gasteiger partial charge in [-0.2, -0.15) is 0 Å². The number of hydrogen-bond acceptors (Lipinski definition) is 3. The van der Waals surface area contributed by atoms with Crippen molar-refractivity contribution in [3.05, 3.63) is 0 Å². The molecule has 1 aliphatic heterocycles. The molecule has 3 heteroatoms. The van der Waals surface area contributed by atoms with Crippen LogP contribution in [0.15, 0.2) is 0 Å². The summed E-state index contributed by atoms with van der Waals surface area (Å²) in [7, 11) is 0. The van der Waals surface area contributed by atoms with Gasteiger partial charge < -0.3 is 14.6 Å². The zero-order chi connectivity index (χ0) is 9.80. The topological polar surface area (TPSA) is 38.7 Å². The third-order valence-electron chi connectivity index (χ3n) is 3.12. The molecule has 0 radical (unpaired) electrons. The predicted octanol–water partition coefficient (Wildman–Crippen LogP) is 1.83. The van der Waals surface area contributed by atoms with Crippen LogP contribution in [0.25, 0.3) is 0 Å². The van der Waals surface area contributed by atoms with Gasteiger partial charge in [-0.3, -0.25) is 0 Å². The molecule has 0 aromatic heterocycles. The highest BCUT2D eigenvalue weighted by atomic mass is 16.7. The van der Waals surface area contributed by atoms with Gasteiger partial charge in [0.05, 0.1) is 6.10 Å². The highest BCUT2D eigenvalue weighted by molar-refractivity contribution is 4.71. The van der Waals surface area contributed by atoms with E-state index in [0.29, 0.717) is 6.10 Å². The zero-order valence-corrected chi connectivity index (χ0v) is 8.65. The molecule has 3 nitrogen and oxygen atoms in total. The van der Waals surface area contributed by atoms with Crippen LogP contribution in [0.2, 0.25) is 0 Å². The summed E-state index contributed by atoms with van der Waals surface area (Å²) in [5.74, 6) is 0. The van der Waals surface area contributed by atoms with Crippen LogP contribution < -0.4 is 0 Å². The van der Waals surface area contributed by atoms with Gasteiger partial charge in [-0.15, -0.1) is 0 Å². The van der Waals surface area contributed by atoms with E-state index in [9.17, 15) is 5.11 Å². The lowest BCUT2D eigenvalue weighted by atomic mass is 9.97. The minimum atomic E-state index is -0.411. The molecule has 82 valence electrons. The Kier molecular flexibility index (Phi) is 3.79. The second-order valence-electron chi connectivity index (χ2n) is 4.34. The monoisotopic (exact) mass is 200 g/mol. The number of aliphatic hydroxyl groups is 1. The molecular formula is C11H20O3. The summed E-state index contributed by atoms with van der Waals surface area (Å²) in [6.07, 6.45) is 7.43. The van der Waals surface area contributed by atoms with Gasteiger partial charge in [-0.05, 0) is 25.7 Å². The van der Waals surface area contributed by atoms with E-state index >= 15 is 0 Å². The van der Waals surface area contributed by atoms with Gasteiger partial charge in [-0.1, -0.05) is 19.3 Å². The first-order chi connectivity index (χ1) is 6.86. The Balaban J connectivity index is 1.76. The van der Waals surface area contributed by atoms with Crippen LogP contribution in [0.1, 0.15) is 44.9 Å². The number of rotatable bonds is 2. The minimum Gasteiger partial charge on any atom is -0.388 e. The second-order valence-corrected chi connectivity index (χ2v) is 4.34. The lowest BCUT2D eigenvalue weighted by molar-refractivity contribution is -0.237. The van der Waals surface area contributed by atoms with Crippen molar-refractivity contribution in [3.63, 3.8) is 0 Å². The molecule has 0 unspecified atom stereocenters. The lowest BCUT2D eigenvalue weighted by Crippen LogP contribution is -2.39. The highest BCUT2D eigenvalue weighted by Crippen LogP contribution is 2.24. The summed E-state index contributed by atoms with van der Waals surface area (Å²) in [6.45, 7) is 0.731. The van der Waals surface area contributed by atoms with Crippen molar-refractivity contribution in [2.24, 2.45) is 0 Å². The Labute approximate surface area is 85.4 Å². The Morgan fingerprint density at radius 3 is 2.50 bits per heavy atom. The molecule has 2 aliphatic rings. The van der Waals surface area contributed by atoms with Crippen LogP contribution in [0, 0.1) is 0 Å². The minimum absolute atomic E-state index is 0.321. The summed E-state index contributed by atoms with van der Waals surface area (Å²) >= 11 is 0. The molecule has 1 aliphatic carbocycles. The Hall–Kier alpha value is -0.120. The van der Waals surface area contributed by atoms with Crippen molar-refractivity contribution >= 4 is 0 Å². The molecule has 0 aromatic rings. The van der Waals surface area contributed by atoms with E-state index in [1.54, 1.807) is 0 Å². The first-order valence-electron chi connectivity index (χ1n) is 5.81. The molecule has 1 heterocycles. The summed E-state index contributed by atoms with van der Waals surface area (Å²) in [6, 6.07) is 0. The van der Waals surface area contributed by atoms with Crippen LogP contribution in [0.5, 0.6) is 0 Å². The van der Waals surface area contributed by atoms with Crippen LogP contribution in [-0.2, 0) is 9.47 Å². The lowest BCUT2D eigenvalue weighted by Gasteiger charge is -2.32. The summed E-state index contributed by atoms with van der Waals surface area (Å²) < 4.78 is 11.2. The maximum absolute atomic E-state index is 9.65. The van der Waals surface area contributed by atoms with Crippen molar-refractivity contribution in [2.75, 3.05) is 6.61 Å². The van der Waals surface area contributed by atoms with Gasteiger partial charge in [0.2, 0.25) is 0 Å². The largest absolute Gasteiger partial charge is 0.388 e. The van der Waals surface area contributed by atoms with Crippen LogP contribution >= 0.6 is 0 Å². The highest BCUT2D eigenvalue weighted by Gasteiger charge is 2.28. The number of ether oxygens (including phenoxy) is 2. The van der Waals surface area contributed by atoms with Crippen molar-refractivity contribution < 1.29 is 14.6 Å². The van der Waals surface area contributed by atoms with Gasteiger partial charge in [0.1, 0.15) is 6.10 Å². The zero-order valence-electron chi connectivity index (χ0n) is 8.65. The maximum atomic E-state index is 9.65. The molecule has 2 rings (SSSR count). The average molecular weight is 200 g/mol. The molecule has 0 spiro atoms. The standard InChI is InChI=1S/C11H20O3/c12-10-7-4-8-13-11(10)14-9-5-2-1-3-6-9/h9-12H,1-8H2/t10-,11-/m0/s1. The van der Waals surface area contributed by atoms with Crippen LogP contribution in [0.4, 0.5) is 0 Å². The Morgan fingerprint density at radius 2 is 1.79 bits per heavy atom. The van der Waals surface area contributed by atoms with Gasteiger partial charge in [0.15, 0.2) is 6.29 Å². The van der Waals surface area contributed by atoms with E-state index in [2.05, 4.69) is 0 Å². The molecule has 0 amide bonds. The quantitative estimate of drug-likeness (QED) is 0.739. The SMILES string of the molecule is O[C@H]1CCCO[C@H]1OC1CCCCC1. The van der Waals surface area contributed by atoms with E-state index in [1.165, 1.54) is 19.3 Å². The number of aliphatic hydroxyl groups excluding tert-OH is 1. The van der Waals surface area contributed by atoms with Crippen molar-refractivity contribution in [3.8, 4) is 0 Å².